The molecule has 0 spiro atoms. The van der Waals surface area contributed by atoms with E-state index < -0.39 is 5.97 Å². The Kier molecular flexibility index (Phi) is 4.50. The highest BCUT2D eigenvalue weighted by Gasteiger charge is 2.18. The second-order valence-electron chi connectivity index (χ2n) is 6.37. The maximum absolute atomic E-state index is 12.3. The minimum atomic E-state index is -0.971. The molecule has 2 rings (SSSR count). The normalized spacial score (nSPS) is 11.8. The summed E-state index contributed by atoms with van der Waals surface area (Å²) in [5.74, 6) is -1.10. The molecule has 0 saturated heterocycles. The third-order valence-corrected chi connectivity index (χ3v) is 3.44. The van der Waals surface area contributed by atoms with Crippen LogP contribution in [0.5, 0.6) is 0 Å². The summed E-state index contributed by atoms with van der Waals surface area (Å²) in [5.41, 5.74) is 2.06. The van der Waals surface area contributed by atoms with Crippen LogP contribution in [0, 0.1) is 6.92 Å². The van der Waals surface area contributed by atoms with Crippen LogP contribution in [0.25, 0.3) is 6.08 Å². The van der Waals surface area contributed by atoms with E-state index in [1.54, 1.807) is 29.1 Å². The first-order valence-corrected chi connectivity index (χ1v) is 7.31. The van der Waals surface area contributed by atoms with Gasteiger partial charge in [-0.2, -0.15) is 5.10 Å². The van der Waals surface area contributed by atoms with E-state index in [0.717, 1.165) is 5.56 Å². The maximum atomic E-state index is 12.3. The van der Waals surface area contributed by atoms with E-state index in [1.165, 1.54) is 18.2 Å². The lowest BCUT2D eigenvalue weighted by Gasteiger charge is -2.18. The first-order chi connectivity index (χ1) is 10.7. The van der Waals surface area contributed by atoms with E-state index in [0.29, 0.717) is 11.3 Å². The number of hydrogen-bond donors (Lipinski definition) is 1. The van der Waals surface area contributed by atoms with Crippen molar-refractivity contribution < 1.29 is 14.7 Å². The Morgan fingerprint density at radius 1 is 1.17 bits per heavy atom. The van der Waals surface area contributed by atoms with Gasteiger partial charge in [0.2, 0.25) is 0 Å². The molecule has 1 aromatic carbocycles. The lowest BCUT2D eigenvalue weighted by atomic mass is 10.1. The molecule has 0 amide bonds. The van der Waals surface area contributed by atoms with Gasteiger partial charge in [0.05, 0.1) is 22.4 Å². The van der Waals surface area contributed by atoms with Crippen LogP contribution in [0.15, 0.2) is 36.5 Å². The summed E-state index contributed by atoms with van der Waals surface area (Å²) >= 11 is 0. The van der Waals surface area contributed by atoms with Crippen molar-refractivity contribution >= 4 is 17.8 Å². The molecular weight excluding hydrogens is 292 g/mol. The van der Waals surface area contributed by atoms with Gasteiger partial charge in [0, 0.05) is 6.20 Å². The Hall–Kier alpha value is -2.69. The predicted octanol–water partition coefficient (Wildman–Crippen LogP) is 3.54. The number of nitrogens with zero attached hydrogens (tertiary/aromatic N) is 2. The minimum absolute atomic E-state index is 0.125. The molecule has 23 heavy (non-hydrogen) atoms. The molecule has 2 aromatic rings. The van der Waals surface area contributed by atoms with E-state index in [9.17, 15) is 9.59 Å². The Bertz CT molecular complexity index is 763. The van der Waals surface area contributed by atoms with Crippen molar-refractivity contribution in [2.75, 3.05) is 0 Å². The predicted molar refractivity (Wildman–Crippen MR) is 88.7 cm³/mol. The van der Waals surface area contributed by atoms with Crippen LogP contribution in [-0.4, -0.2) is 26.6 Å². The highest BCUT2D eigenvalue weighted by molar-refractivity contribution is 6.07. The smallest absolute Gasteiger partial charge is 0.335 e. The van der Waals surface area contributed by atoms with E-state index in [4.69, 9.17) is 5.11 Å². The van der Waals surface area contributed by atoms with Crippen LogP contribution in [0.2, 0.25) is 0 Å². The number of allylic oxidation sites excluding steroid dienone is 1. The highest BCUT2D eigenvalue weighted by atomic mass is 16.4. The topological polar surface area (TPSA) is 72.2 Å². The van der Waals surface area contributed by atoms with E-state index >= 15 is 0 Å². The molecule has 0 bridgehead atoms. The first-order valence-electron chi connectivity index (χ1n) is 7.31. The molecule has 0 saturated carbocycles. The van der Waals surface area contributed by atoms with Gasteiger partial charge < -0.3 is 5.11 Å². The Morgan fingerprint density at radius 2 is 1.78 bits per heavy atom. The SMILES string of the molecule is Cc1nn(C(C)(C)C)cc1C(=O)C=Cc1ccc(C(=O)O)cc1. The molecule has 1 heterocycles. The molecule has 0 aliphatic carbocycles. The fraction of sp³-hybridized carbons (Fsp3) is 0.278. The first kappa shape index (κ1) is 16.7. The number of aryl methyl sites for hydroxylation is 1. The minimum Gasteiger partial charge on any atom is -0.478 e. The summed E-state index contributed by atoms with van der Waals surface area (Å²) in [6.07, 6.45) is 4.91. The molecule has 1 N–H and O–H groups in total. The molecule has 120 valence electrons. The van der Waals surface area contributed by atoms with Crippen molar-refractivity contribution in [3.63, 3.8) is 0 Å². The number of hydrogen-bond acceptors (Lipinski definition) is 3. The number of aromatic nitrogens is 2. The molecule has 0 radical (unpaired) electrons. The van der Waals surface area contributed by atoms with Gasteiger partial charge in [0.25, 0.3) is 0 Å². The van der Waals surface area contributed by atoms with E-state index in [2.05, 4.69) is 5.10 Å². The molecule has 0 fully saturated rings. The standard InChI is InChI=1S/C18H20N2O3/c1-12-15(11-20(19-12)18(2,3)4)16(21)10-7-13-5-8-14(9-6-13)17(22)23/h5-11H,1-4H3,(H,22,23). The largest absolute Gasteiger partial charge is 0.478 e. The second kappa shape index (κ2) is 6.20. The fourth-order valence-corrected chi connectivity index (χ4v) is 2.04. The van der Waals surface area contributed by atoms with Gasteiger partial charge in [-0.1, -0.05) is 18.2 Å². The second-order valence-corrected chi connectivity index (χ2v) is 6.37. The zero-order valence-electron chi connectivity index (χ0n) is 13.7. The van der Waals surface area contributed by atoms with Gasteiger partial charge in [-0.15, -0.1) is 0 Å². The molecular formula is C18H20N2O3. The number of carboxylic acids is 1. The van der Waals surface area contributed by atoms with Crippen molar-refractivity contribution in [2.45, 2.75) is 33.2 Å². The third-order valence-electron chi connectivity index (χ3n) is 3.44. The molecule has 5 nitrogen and oxygen atoms in total. The zero-order chi connectivity index (χ0) is 17.2. The quantitative estimate of drug-likeness (QED) is 0.692. The number of carbonyl (C=O) groups excluding carboxylic acids is 1. The van der Waals surface area contributed by atoms with E-state index in [1.807, 2.05) is 27.7 Å². The Balaban J connectivity index is 2.18. The summed E-state index contributed by atoms with van der Waals surface area (Å²) in [6.45, 7) is 7.87. The van der Waals surface area contributed by atoms with Gasteiger partial charge in [0.15, 0.2) is 5.78 Å². The average molecular weight is 312 g/mol. The highest BCUT2D eigenvalue weighted by Crippen LogP contribution is 2.17. The number of carbonyl (C=O) groups is 2. The summed E-state index contributed by atoms with van der Waals surface area (Å²) < 4.78 is 1.78. The van der Waals surface area contributed by atoms with Crippen molar-refractivity contribution in [1.82, 2.24) is 9.78 Å². The van der Waals surface area contributed by atoms with Crippen LogP contribution < -0.4 is 0 Å². The van der Waals surface area contributed by atoms with E-state index in [-0.39, 0.29) is 16.9 Å². The lowest BCUT2D eigenvalue weighted by molar-refractivity contribution is 0.0696. The monoisotopic (exact) mass is 312 g/mol. The molecule has 5 heteroatoms. The number of rotatable bonds is 4. The number of benzene rings is 1. The number of ketones is 1. The van der Waals surface area contributed by atoms with Crippen LogP contribution in [-0.2, 0) is 5.54 Å². The number of carboxylic acid groups (broad SMARTS) is 1. The third kappa shape index (κ3) is 3.94. The maximum Gasteiger partial charge on any atom is 0.335 e. The summed E-state index contributed by atoms with van der Waals surface area (Å²) in [6, 6.07) is 6.35. The van der Waals surface area contributed by atoms with Crippen LogP contribution in [0.3, 0.4) is 0 Å². The molecule has 0 unspecified atom stereocenters. The number of aromatic carboxylic acids is 1. The van der Waals surface area contributed by atoms with Crippen LogP contribution >= 0.6 is 0 Å². The Morgan fingerprint density at radius 3 is 2.26 bits per heavy atom. The van der Waals surface area contributed by atoms with Crippen LogP contribution in [0.4, 0.5) is 0 Å². The van der Waals surface area contributed by atoms with Crippen LogP contribution in [0.1, 0.15) is 52.7 Å². The molecule has 1 aromatic heterocycles. The average Bonchev–Trinajstić information content (AvgIpc) is 2.87. The van der Waals surface area contributed by atoms with Gasteiger partial charge >= 0.3 is 5.97 Å². The summed E-state index contributed by atoms with van der Waals surface area (Å²) in [4.78, 5) is 23.1. The van der Waals surface area contributed by atoms with Gasteiger partial charge in [-0.25, -0.2) is 4.79 Å². The zero-order valence-corrected chi connectivity index (χ0v) is 13.7. The lowest BCUT2D eigenvalue weighted by Crippen LogP contribution is -2.22. The van der Waals surface area contributed by atoms with Gasteiger partial charge in [-0.3, -0.25) is 9.48 Å². The Labute approximate surface area is 135 Å². The van der Waals surface area contributed by atoms with Gasteiger partial charge in [-0.05, 0) is 51.5 Å². The molecule has 0 atom stereocenters. The van der Waals surface area contributed by atoms with Crippen molar-refractivity contribution in [2.24, 2.45) is 0 Å². The fourth-order valence-electron chi connectivity index (χ4n) is 2.04. The summed E-state index contributed by atoms with van der Waals surface area (Å²) in [7, 11) is 0. The molecule has 0 aliphatic rings. The van der Waals surface area contributed by atoms with Crippen molar-refractivity contribution in [1.29, 1.82) is 0 Å². The summed E-state index contributed by atoms with van der Waals surface area (Å²) in [5, 5.41) is 13.2. The molecule has 0 aliphatic heterocycles. The van der Waals surface area contributed by atoms with Gasteiger partial charge in [0.1, 0.15) is 0 Å². The van der Waals surface area contributed by atoms with Crippen molar-refractivity contribution in [3.05, 3.63) is 58.9 Å². The van der Waals surface area contributed by atoms with Crippen molar-refractivity contribution in [3.8, 4) is 0 Å².